The smallest absolute Gasteiger partial charge is 0.262 e. The highest BCUT2D eigenvalue weighted by Crippen LogP contribution is 2.20. The third-order valence-corrected chi connectivity index (χ3v) is 4.99. The summed E-state index contributed by atoms with van der Waals surface area (Å²) in [7, 11) is -3.66. The molecule has 3 aromatic rings. The lowest BCUT2D eigenvalue weighted by Gasteiger charge is -2.09. The van der Waals surface area contributed by atoms with E-state index in [1.165, 1.54) is 0 Å². The largest absolute Gasteiger partial charge is 0.276 e. The van der Waals surface area contributed by atoms with Gasteiger partial charge >= 0.3 is 0 Å². The number of benzene rings is 1. The summed E-state index contributed by atoms with van der Waals surface area (Å²) < 4.78 is 29.3. The van der Waals surface area contributed by atoms with Crippen LogP contribution in [0, 0.1) is 0 Å². The molecule has 0 atom stereocenters. The van der Waals surface area contributed by atoms with Gasteiger partial charge in [-0.15, -0.1) is 0 Å². The number of nitrogens with zero attached hydrogens (tertiary/aromatic N) is 3. The van der Waals surface area contributed by atoms with Gasteiger partial charge in [0.25, 0.3) is 10.0 Å². The van der Waals surface area contributed by atoms with E-state index < -0.39 is 10.0 Å². The summed E-state index contributed by atoms with van der Waals surface area (Å²) in [5.41, 5.74) is 2.01. The number of aryl methyl sites for hydroxylation is 2. The topological polar surface area (TPSA) is 76.4 Å². The Balaban J connectivity index is 1.98. The van der Waals surface area contributed by atoms with Gasteiger partial charge in [0.15, 0.2) is 11.5 Å². The van der Waals surface area contributed by atoms with Crippen molar-refractivity contribution in [1.29, 1.82) is 0 Å². The third-order valence-electron chi connectivity index (χ3n) is 3.61. The molecule has 6 nitrogen and oxygen atoms in total. The lowest BCUT2D eigenvalue weighted by Crippen LogP contribution is -2.13. The van der Waals surface area contributed by atoms with Crippen molar-refractivity contribution in [3.8, 4) is 0 Å². The molecule has 7 heteroatoms. The first-order valence-electron chi connectivity index (χ1n) is 7.49. The molecule has 1 N–H and O–H groups in total. The van der Waals surface area contributed by atoms with Gasteiger partial charge in [-0.3, -0.25) is 4.72 Å². The van der Waals surface area contributed by atoms with Crippen molar-refractivity contribution in [1.82, 2.24) is 14.6 Å². The minimum Gasteiger partial charge on any atom is -0.276 e. The number of nitrogens with one attached hydrogen (secondary N) is 1. The van der Waals surface area contributed by atoms with Crippen molar-refractivity contribution in [2.24, 2.45) is 0 Å². The van der Waals surface area contributed by atoms with E-state index in [4.69, 9.17) is 0 Å². The molecule has 0 saturated heterocycles. The van der Waals surface area contributed by atoms with E-state index in [0.29, 0.717) is 23.6 Å². The van der Waals surface area contributed by atoms with Crippen LogP contribution in [0.4, 0.5) is 5.69 Å². The molecule has 2 aromatic heterocycles. The fourth-order valence-electron chi connectivity index (χ4n) is 2.29. The highest BCUT2D eigenvalue weighted by atomic mass is 32.2. The molecule has 0 radical (unpaired) electrons. The maximum absolute atomic E-state index is 12.6. The van der Waals surface area contributed by atoms with Crippen molar-refractivity contribution >= 4 is 21.4 Å². The molecule has 0 aliphatic carbocycles. The molecule has 0 fully saturated rings. The number of hydrogen-bond donors (Lipinski definition) is 1. The zero-order chi connectivity index (χ0) is 16.4. The van der Waals surface area contributed by atoms with Crippen LogP contribution < -0.4 is 4.72 Å². The number of fused-ring (bicyclic) bond motifs is 1. The minimum atomic E-state index is -3.66. The standard InChI is InChI=1S/C16H18N4O2S/c1-3-12-7-9-13(10-8-12)23(21,22)19-14-6-5-11-20-16(14)17-15(4-2)18-20/h5-11,19H,3-4H2,1-2H3. The molecule has 0 aliphatic rings. The summed E-state index contributed by atoms with van der Waals surface area (Å²) in [6.07, 6.45) is 3.30. The van der Waals surface area contributed by atoms with Gasteiger partial charge in [0.1, 0.15) is 0 Å². The molecule has 2 heterocycles. The highest BCUT2D eigenvalue weighted by molar-refractivity contribution is 7.92. The second-order valence-corrected chi connectivity index (χ2v) is 6.86. The average Bonchev–Trinajstić information content (AvgIpc) is 2.99. The molecule has 23 heavy (non-hydrogen) atoms. The first kappa shape index (κ1) is 15.5. The van der Waals surface area contributed by atoms with Gasteiger partial charge in [-0.25, -0.2) is 17.9 Å². The normalized spacial score (nSPS) is 11.7. The van der Waals surface area contributed by atoms with Gasteiger partial charge in [0.2, 0.25) is 0 Å². The van der Waals surface area contributed by atoms with Crippen LogP contribution in [0.2, 0.25) is 0 Å². The van der Waals surface area contributed by atoms with Crippen molar-refractivity contribution < 1.29 is 8.42 Å². The molecule has 3 rings (SSSR count). The predicted octanol–water partition coefficient (Wildman–Crippen LogP) is 2.65. The Hall–Kier alpha value is -2.41. The zero-order valence-corrected chi connectivity index (χ0v) is 13.8. The average molecular weight is 330 g/mol. The molecule has 0 saturated carbocycles. The van der Waals surface area contributed by atoms with Gasteiger partial charge in [-0.1, -0.05) is 26.0 Å². The number of pyridine rings is 1. The van der Waals surface area contributed by atoms with E-state index >= 15 is 0 Å². The van der Waals surface area contributed by atoms with Crippen LogP contribution in [0.5, 0.6) is 0 Å². The number of rotatable bonds is 5. The molecular weight excluding hydrogens is 312 g/mol. The second kappa shape index (κ2) is 6.00. The Labute approximate surface area is 135 Å². The fraction of sp³-hybridized carbons (Fsp3) is 0.250. The minimum absolute atomic E-state index is 0.229. The monoisotopic (exact) mass is 330 g/mol. The van der Waals surface area contributed by atoms with Crippen LogP contribution in [-0.4, -0.2) is 23.0 Å². The first-order chi connectivity index (χ1) is 11.0. The van der Waals surface area contributed by atoms with Crippen molar-refractivity contribution in [3.63, 3.8) is 0 Å². The Morgan fingerprint density at radius 3 is 2.48 bits per heavy atom. The molecule has 0 spiro atoms. The van der Waals surface area contributed by atoms with E-state index in [9.17, 15) is 8.42 Å². The summed E-state index contributed by atoms with van der Waals surface area (Å²) in [4.78, 5) is 4.59. The number of sulfonamides is 1. The Bertz CT molecular complexity index is 930. The van der Waals surface area contributed by atoms with Crippen LogP contribution in [0.1, 0.15) is 25.2 Å². The zero-order valence-electron chi connectivity index (χ0n) is 13.0. The van der Waals surface area contributed by atoms with Gasteiger partial charge in [0.05, 0.1) is 10.6 Å². The molecule has 0 unspecified atom stereocenters. The van der Waals surface area contributed by atoms with Crippen LogP contribution >= 0.6 is 0 Å². The van der Waals surface area contributed by atoms with E-state index in [1.54, 1.807) is 35.0 Å². The van der Waals surface area contributed by atoms with Crippen LogP contribution in [0.15, 0.2) is 47.5 Å². The summed E-state index contributed by atoms with van der Waals surface area (Å²) >= 11 is 0. The number of anilines is 1. The lowest BCUT2D eigenvalue weighted by atomic mass is 10.2. The molecule has 1 aromatic carbocycles. The molecule has 0 amide bonds. The lowest BCUT2D eigenvalue weighted by molar-refractivity contribution is 0.601. The quantitative estimate of drug-likeness (QED) is 0.780. The van der Waals surface area contributed by atoms with Crippen LogP contribution in [-0.2, 0) is 22.9 Å². The first-order valence-corrected chi connectivity index (χ1v) is 8.98. The van der Waals surface area contributed by atoms with Crippen molar-refractivity contribution in [2.45, 2.75) is 31.6 Å². The van der Waals surface area contributed by atoms with Gasteiger partial charge in [-0.05, 0) is 36.2 Å². The molecule has 0 bridgehead atoms. The van der Waals surface area contributed by atoms with E-state index in [1.807, 2.05) is 26.0 Å². The maximum atomic E-state index is 12.6. The van der Waals surface area contributed by atoms with E-state index in [2.05, 4.69) is 14.8 Å². The van der Waals surface area contributed by atoms with E-state index in [0.717, 1.165) is 12.0 Å². The Kier molecular flexibility index (Phi) is 4.04. The predicted molar refractivity (Wildman–Crippen MR) is 89.0 cm³/mol. The van der Waals surface area contributed by atoms with Gasteiger partial charge in [-0.2, -0.15) is 5.10 Å². The Morgan fingerprint density at radius 2 is 1.83 bits per heavy atom. The van der Waals surface area contributed by atoms with Crippen molar-refractivity contribution in [2.75, 3.05) is 4.72 Å². The van der Waals surface area contributed by atoms with Crippen molar-refractivity contribution in [3.05, 3.63) is 54.0 Å². The van der Waals surface area contributed by atoms with Gasteiger partial charge < -0.3 is 0 Å². The number of aromatic nitrogens is 3. The molecule has 120 valence electrons. The summed E-state index contributed by atoms with van der Waals surface area (Å²) in [6.45, 7) is 3.98. The van der Waals surface area contributed by atoms with Gasteiger partial charge in [0, 0.05) is 12.6 Å². The summed E-state index contributed by atoms with van der Waals surface area (Å²) in [6, 6.07) is 10.3. The molecule has 0 aliphatic heterocycles. The summed E-state index contributed by atoms with van der Waals surface area (Å²) in [5.74, 6) is 0.670. The van der Waals surface area contributed by atoms with E-state index in [-0.39, 0.29) is 4.90 Å². The fourth-order valence-corrected chi connectivity index (χ4v) is 3.35. The van der Waals surface area contributed by atoms with Crippen LogP contribution in [0.3, 0.4) is 0 Å². The summed E-state index contributed by atoms with van der Waals surface area (Å²) in [5, 5.41) is 4.29. The molecular formula is C16H18N4O2S. The highest BCUT2D eigenvalue weighted by Gasteiger charge is 2.17. The number of hydrogen-bond acceptors (Lipinski definition) is 4. The SMILES string of the molecule is CCc1ccc(S(=O)(=O)Nc2cccn3nc(CC)nc23)cc1. The third kappa shape index (κ3) is 3.05. The van der Waals surface area contributed by atoms with Crippen LogP contribution in [0.25, 0.3) is 5.65 Å². The maximum Gasteiger partial charge on any atom is 0.262 e. The Morgan fingerprint density at radius 1 is 1.09 bits per heavy atom. The second-order valence-electron chi connectivity index (χ2n) is 5.17.